The molecule has 1 atom stereocenters. The van der Waals surface area contributed by atoms with Crippen molar-refractivity contribution >= 4 is 31.9 Å². The van der Waals surface area contributed by atoms with Crippen LogP contribution in [0, 0.1) is 11.3 Å². The highest BCUT2D eigenvalue weighted by Gasteiger charge is 2.34. The predicted octanol–water partition coefficient (Wildman–Crippen LogP) is 4.72. The van der Waals surface area contributed by atoms with Gasteiger partial charge in [-0.15, -0.1) is 0 Å². The Labute approximate surface area is 178 Å². The molecule has 0 saturated carbocycles. The van der Waals surface area contributed by atoms with Crippen LogP contribution in [0.2, 0.25) is 0 Å². The minimum atomic E-state index is -0.427. The number of nitrogens with two attached hydrogens (primary N) is 1. The lowest BCUT2D eigenvalue weighted by Gasteiger charge is -2.27. The van der Waals surface area contributed by atoms with Gasteiger partial charge in [-0.3, -0.25) is 0 Å². The Kier molecular flexibility index (Phi) is 4.96. The second-order valence-corrected chi connectivity index (χ2v) is 7.79. The number of halogens is 2. The van der Waals surface area contributed by atoms with Gasteiger partial charge in [-0.25, -0.2) is 0 Å². The van der Waals surface area contributed by atoms with Crippen molar-refractivity contribution in [1.82, 2.24) is 0 Å². The fourth-order valence-corrected chi connectivity index (χ4v) is 4.67. The first-order chi connectivity index (χ1) is 13.5. The van der Waals surface area contributed by atoms with E-state index in [4.69, 9.17) is 24.7 Å². The van der Waals surface area contributed by atoms with Gasteiger partial charge >= 0.3 is 0 Å². The summed E-state index contributed by atoms with van der Waals surface area (Å²) in [4.78, 5) is 0. The van der Waals surface area contributed by atoms with Crippen LogP contribution in [0.5, 0.6) is 23.0 Å². The Morgan fingerprint density at radius 2 is 1.86 bits per heavy atom. The summed E-state index contributed by atoms with van der Waals surface area (Å²) in [5, 5.41) is 9.74. The van der Waals surface area contributed by atoms with E-state index in [1.54, 1.807) is 12.1 Å². The van der Waals surface area contributed by atoms with E-state index in [-0.39, 0.29) is 12.7 Å². The number of rotatable bonds is 4. The maximum absolute atomic E-state index is 9.74. The van der Waals surface area contributed by atoms with Crippen LogP contribution in [0.15, 0.2) is 57.3 Å². The van der Waals surface area contributed by atoms with Crippen LogP contribution in [0.1, 0.15) is 17.0 Å². The minimum absolute atomic E-state index is 0.0677. The largest absolute Gasteiger partial charge is 0.487 e. The molecule has 2 aliphatic heterocycles. The number of benzene rings is 2. The molecule has 0 fully saturated rings. The molecule has 2 aliphatic rings. The molecule has 28 heavy (non-hydrogen) atoms. The van der Waals surface area contributed by atoms with Gasteiger partial charge in [0.2, 0.25) is 12.7 Å². The SMILES string of the molecule is C=CCOc1c(Br)cc([C@H]2C(C#N)=C(N)Oc3cc4c(cc32)OCO4)cc1Br. The summed E-state index contributed by atoms with van der Waals surface area (Å²) in [6.07, 6.45) is 1.67. The molecule has 2 N–H and O–H groups in total. The first-order valence-corrected chi connectivity index (χ1v) is 9.85. The van der Waals surface area contributed by atoms with Gasteiger partial charge in [0.1, 0.15) is 29.7 Å². The molecule has 142 valence electrons. The third kappa shape index (κ3) is 3.11. The van der Waals surface area contributed by atoms with Crippen molar-refractivity contribution in [2.24, 2.45) is 5.73 Å². The maximum Gasteiger partial charge on any atom is 0.231 e. The molecule has 6 nitrogen and oxygen atoms in total. The minimum Gasteiger partial charge on any atom is -0.487 e. The number of hydrogen-bond acceptors (Lipinski definition) is 6. The molecule has 0 spiro atoms. The smallest absolute Gasteiger partial charge is 0.231 e. The molecule has 0 amide bonds. The van der Waals surface area contributed by atoms with E-state index in [2.05, 4.69) is 44.5 Å². The lowest BCUT2D eigenvalue weighted by Crippen LogP contribution is -2.21. The lowest BCUT2D eigenvalue weighted by molar-refractivity contribution is 0.174. The Morgan fingerprint density at radius 1 is 1.18 bits per heavy atom. The molecule has 0 aliphatic carbocycles. The monoisotopic (exact) mass is 504 g/mol. The van der Waals surface area contributed by atoms with Gasteiger partial charge in [0.25, 0.3) is 0 Å². The molecule has 2 aromatic rings. The summed E-state index contributed by atoms with van der Waals surface area (Å²) in [6.45, 7) is 4.18. The summed E-state index contributed by atoms with van der Waals surface area (Å²) in [5.74, 6) is 2.01. The molecule has 0 bridgehead atoms. The van der Waals surface area contributed by atoms with E-state index in [9.17, 15) is 5.26 Å². The Bertz CT molecular complexity index is 1040. The molecule has 4 rings (SSSR count). The second kappa shape index (κ2) is 7.41. The van der Waals surface area contributed by atoms with E-state index in [0.29, 0.717) is 35.2 Å². The molecule has 0 saturated heterocycles. The highest BCUT2D eigenvalue weighted by atomic mass is 79.9. The van der Waals surface area contributed by atoms with Crippen molar-refractivity contribution in [3.05, 3.63) is 68.4 Å². The van der Waals surface area contributed by atoms with Gasteiger partial charge < -0.3 is 24.7 Å². The average molecular weight is 506 g/mol. The third-order valence-electron chi connectivity index (χ3n) is 4.41. The van der Waals surface area contributed by atoms with Crippen molar-refractivity contribution in [2.75, 3.05) is 13.4 Å². The molecule has 2 heterocycles. The first-order valence-electron chi connectivity index (χ1n) is 8.27. The van der Waals surface area contributed by atoms with Gasteiger partial charge in [-0.05, 0) is 55.6 Å². The van der Waals surface area contributed by atoms with Crippen LogP contribution in [-0.4, -0.2) is 13.4 Å². The van der Waals surface area contributed by atoms with E-state index in [0.717, 1.165) is 20.1 Å². The molecule has 0 aromatic heterocycles. The maximum atomic E-state index is 9.74. The summed E-state index contributed by atoms with van der Waals surface area (Å²) >= 11 is 7.09. The molecule has 0 radical (unpaired) electrons. The Hall–Kier alpha value is -2.63. The quantitative estimate of drug-likeness (QED) is 0.605. The van der Waals surface area contributed by atoms with Crippen molar-refractivity contribution in [1.29, 1.82) is 5.26 Å². The third-order valence-corrected chi connectivity index (χ3v) is 5.59. The summed E-state index contributed by atoms with van der Waals surface area (Å²) in [6, 6.07) is 9.55. The predicted molar refractivity (Wildman–Crippen MR) is 109 cm³/mol. The van der Waals surface area contributed by atoms with Gasteiger partial charge in [-0.2, -0.15) is 5.26 Å². The number of hydrogen-bond donors (Lipinski definition) is 1. The van der Waals surface area contributed by atoms with E-state index in [1.165, 1.54) is 0 Å². The van der Waals surface area contributed by atoms with Gasteiger partial charge in [0.05, 0.1) is 14.9 Å². The highest BCUT2D eigenvalue weighted by molar-refractivity contribution is 9.11. The number of allylic oxidation sites excluding steroid dienone is 1. The Morgan fingerprint density at radius 3 is 2.50 bits per heavy atom. The van der Waals surface area contributed by atoms with Crippen molar-refractivity contribution in [2.45, 2.75) is 5.92 Å². The summed E-state index contributed by atoms with van der Waals surface area (Å²) in [5.41, 5.74) is 7.99. The van der Waals surface area contributed by atoms with Crippen LogP contribution < -0.4 is 24.7 Å². The Balaban J connectivity index is 1.87. The zero-order chi connectivity index (χ0) is 19.8. The van der Waals surface area contributed by atoms with E-state index >= 15 is 0 Å². The van der Waals surface area contributed by atoms with Crippen LogP contribution in [0.3, 0.4) is 0 Å². The molecule has 8 heteroatoms. The van der Waals surface area contributed by atoms with Crippen LogP contribution in [-0.2, 0) is 0 Å². The highest BCUT2D eigenvalue weighted by Crippen LogP contribution is 2.49. The summed E-state index contributed by atoms with van der Waals surface area (Å²) in [7, 11) is 0. The summed E-state index contributed by atoms with van der Waals surface area (Å²) < 4.78 is 23.8. The number of fused-ring (bicyclic) bond motifs is 2. The molecular formula is C20H14Br2N2O4. The number of nitrogens with zero attached hydrogens (tertiary/aromatic N) is 1. The zero-order valence-electron chi connectivity index (χ0n) is 14.5. The zero-order valence-corrected chi connectivity index (χ0v) is 17.7. The van der Waals surface area contributed by atoms with Crippen molar-refractivity contribution < 1.29 is 18.9 Å². The fraction of sp³-hybridized carbons (Fsp3) is 0.150. The second-order valence-electron chi connectivity index (χ2n) is 6.08. The van der Waals surface area contributed by atoms with Crippen LogP contribution >= 0.6 is 31.9 Å². The van der Waals surface area contributed by atoms with Crippen LogP contribution in [0.25, 0.3) is 0 Å². The van der Waals surface area contributed by atoms with Crippen LogP contribution in [0.4, 0.5) is 0 Å². The molecule has 0 unspecified atom stereocenters. The van der Waals surface area contributed by atoms with Gasteiger partial charge in [-0.1, -0.05) is 12.7 Å². The van der Waals surface area contributed by atoms with Gasteiger partial charge in [0.15, 0.2) is 11.5 Å². The number of nitriles is 1. The lowest BCUT2D eigenvalue weighted by atomic mass is 9.83. The van der Waals surface area contributed by atoms with Gasteiger partial charge in [0, 0.05) is 11.6 Å². The molecular weight excluding hydrogens is 492 g/mol. The van der Waals surface area contributed by atoms with E-state index < -0.39 is 5.92 Å². The topological polar surface area (TPSA) is 86.7 Å². The van der Waals surface area contributed by atoms with Crippen molar-refractivity contribution in [3.63, 3.8) is 0 Å². The van der Waals surface area contributed by atoms with E-state index in [1.807, 2.05) is 18.2 Å². The first kappa shape index (κ1) is 18.7. The normalized spacial score (nSPS) is 16.8. The number of ether oxygens (including phenoxy) is 4. The molecule has 2 aromatic carbocycles. The average Bonchev–Trinajstić information content (AvgIpc) is 3.11. The standard InChI is InChI=1S/C20H14Br2N2O4/c1-2-3-25-19-13(21)4-10(5-14(19)22)18-11-6-16-17(27-9-26-16)7-15(11)28-20(24)12(18)8-23/h2,4-7,18H,1,3,9,24H2/t18-/m1/s1. The van der Waals surface area contributed by atoms with Crippen molar-refractivity contribution in [3.8, 4) is 29.1 Å². The fourth-order valence-electron chi connectivity index (χ4n) is 3.22.